The van der Waals surface area contributed by atoms with Crippen molar-refractivity contribution in [1.29, 1.82) is 0 Å². The summed E-state index contributed by atoms with van der Waals surface area (Å²) in [5, 5.41) is 3.49. The molecule has 0 spiro atoms. The third-order valence-electron chi connectivity index (χ3n) is 5.00. The number of methoxy groups -OCH3 is 1. The average Bonchev–Trinajstić information content (AvgIpc) is 2.43. The van der Waals surface area contributed by atoms with Gasteiger partial charge < -0.3 is 14.8 Å². The van der Waals surface area contributed by atoms with E-state index in [2.05, 4.69) is 19.2 Å². The van der Waals surface area contributed by atoms with Gasteiger partial charge in [0.2, 0.25) is 0 Å². The normalized spacial score (nSPS) is 27.3. The summed E-state index contributed by atoms with van der Waals surface area (Å²) >= 11 is 0. The average molecular weight is 267 g/mol. The van der Waals surface area contributed by atoms with Crippen LogP contribution in [0.15, 0.2) is 11.8 Å². The Morgan fingerprint density at radius 3 is 2.42 bits per heavy atom. The molecule has 3 nitrogen and oxygen atoms in total. The number of hydrogen-bond donors (Lipinski definition) is 1. The molecule has 0 bridgehead atoms. The Morgan fingerprint density at radius 1 is 1.26 bits per heavy atom. The van der Waals surface area contributed by atoms with Gasteiger partial charge in [0, 0.05) is 7.11 Å². The smallest absolute Gasteiger partial charge is 0.0876 e. The molecule has 1 atom stereocenters. The van der Waals surface area contributed by atoms with Crippen molar-refractivity contribution < 1.29 is 9.47 Å². The van der Waals surface area contributed by atoms with E-state index in [9.17, 15) is 0 Å². The Balaban J connectivity index is 2.16. The lowest BCUT2D eigenvalue weighted by atomic mass is 9.67. The maximum atomic E-state index is 6.02. The lowest BCUT2D eigenvalue weighted by Crippen LogP contribution is -2.55. The summed E-state index contributed by atoms with van der Waals surface area (Å²) in [6.07, 6.45) is 8.92. The lowest BCUT2D eigenvalue weighted by molar-refractivity contribution is -0.0787. The molecule has 0 amide bonds. The van der Waals surface area contributed by atoms with E-state index in [1.54, 1.807) is 0 Å². The van der Waals surface area contributed by atoms with Gasteiger partial charge in [0.25, 0.3) is 0 Å². The predicted molar refractivity (Wildman–Crippen MR) is 78.1 cm³/mol. The summed E-state index contributed by atoms with van der Waals surface area (Å²) in [6, 6.07) is 0.286. The minimum Gasteiger partial charge on any atom is -0.501 e. The Labute approximate surface area is 117 Å². The van der Waals surface area contributed by atoms with E-state index < -0.39 is 0 Å². The van der Waals surface area contributed by atoms with Crippen molar-refractivity contribution in [2.75, 3.05) is 20.8 Å². The summed E-state index contributed by atoms with van der Waals surface area (Å²) in [5.41, 5.74) is 1.77. The molecular formula is C16H29NO2. The highest BCUT2D eigenvalue weighted by Crippen LogP contribution is 2.45. The highest BCUT2D eigenvalue weighted by molar-refractivity contribution is 5.18. The molecule has 1 N–H and O–H groups in total. The zero-order chi connectivity index (χ0) is 13.9. The third kappa shape index (κ3) is 3.14. The zero-order valence-electron chi connectivity index (χ0n) is 12.9. The van der Waals surface area contributed by atoms with Gasteiger partial charge in [-0.3, -0.25) is 0 Å². The van der Waals surface area contributed by atoms with Crippen molar-refractivity contribution >= 4 is 0 Å². The molecule has 0 saturated heterocycles. The van der Waals surface area contributed by atoms with Crippen molar-refractivity contribution in [3.63, 3.8) is 0 Å². The second-order valence-electron chi connectivity index (χ2n) is 6.82. The van der Waals surface area contributed by atoms with Crippen molar-refractivity contribution in [3.8, 4) is 0 Å². The Kier molecular flexibility index (Phi) is 4.57. The summed E-state index contributed by atoms with van der Waals surface area (Å²) < 4.78 is 11.5. The molecule has 0 radical (unpaired) electrons. The van der Waals surface area contributed by atoms with E-state index in [0.717, 1.165) is 32.3 Å². The van der Waals surface area contributed by atoms with Crippen LogP contribution in [0, 0.1) is 5.41 Å². The minimum atomic E-state index is -0.0587. The van der Waals surface area contributed by atoms with Crippen LogP contribution in [0.25, 0.3) is 0 Å². The molecule has 0 aromatic rings. The number of nitrogens with one attached hydrogen (secondary N) is 1. The van der Waals surface area contributed by atoms with Crippen LogP contribution in [0.3, 0.4) is 0 Å². The second kappa shape index (κ2) is 5.84. The standard InChI is InChI=1S/C16H29NO2/c1-15(2)7-9-16(18-4,10-8-15)14(17-3)13-6-5-11-19-12-13/h12,14,17H,5-11H2,1-4H3. The van der Waals surface area contributed by atoms with Crippen LogP contribution in [0.5, 0.6) is 0 Å². The molecule has 0 aromatic heterocycles. The molecule has 1 heterocycles. The largest absolute Gasteiger partial charge is 0.501 e. The molecule has 2 aliphatic rings. The van der Waals surface area contributed by atoms with E-state index in [1.807, 2.05) is 20.4 Å². The van der Waals surface area contributed by atoms with Gasteiger partial charge >= 0.3 is 0 Å². The number of hydrogen-bond acceptors (Lipinski definition) is 3. The number of rotatable bonds is 4. The van der Waals surface area contributed by atoms with Crippen molar-refractivity contribution in [2.24, 2.45) is 5.41 Å². The molecule has 19 heavy (non-hydrogen) atoms. The SMILES string of the molecule is CNC(C1=COCCC1)C1(OC)CCC(C)(C)CC1. The third-order valence-corrected chi connectivity index (χ3v) is 5.00. The molecule has 110 valence electrons. The van der Waals surface area contributed by atoms with E-state index in [0.29, 0.717) is 5.41 Å². The molecule has 1 aliphatic heterocycles. The van der Waals surface area contributed by atoms with Gasteiger partial charge in [0.1, 0.15) is 0 Å². The van der Waals surface area contributed by atoms with Crippen LogP contribution in [-0.4, -0.2) is 32.4 Å². The lowest BCUT2D eigenvalue weighted by Gasteiger charge is -2.47. The Morgan fingerprint density at radius 2 is 1.95 bits per heavy atom. The van der Waals surface area contributed by atoms with Crippen LogP contribution in [0.4, 0.5) is 0 Å². The van der Waals surface area contributed by atoms with Crippen LogP contribution >= 0.6 is 0 Å². The van der Waals surface area contributed by atoms with E-state index in [4.69, 9.17) is 9.47 Å². The van der Waals surface area contributed by atoms with Crippen molar-refractivity contribution in [1.82, 2.24) is 5.32 Å². The van der Waals surface area contributed by atoms with Crippen molar-refractivity contribution in [3.05, 3.63) is 11.8 Å². The molecule has 1 unspecified atom stereocenters. The molecule has 3 heteroatoms. The molecule has 1 saturated carbocycles. The molecule has 1 fully saturated rings. The summed E-state index contributed by atoms with van der Waals surface area (Å²) in [6.45, 7) is 5.58. The Bertz CT molecular complexity index is 326. The first kappa shape index (κ1) is 14.9. The zero-order valence-corrected chi connectivity index (χ0v) is 12.9. The first-order chi connectivity index (χ1) is 9.03. The van der Waals surface area contributed by atoms with Crippen LogP contribution in [-0.2, 0) is 9.47 Å². The molecule has 1 aliphatic carbocycles. The van der Waals surface area contributed by atoms with Crippen LogP contribution in [0.1, 0.15) is 52.4 Å². The highest BCUT2D eigenvalue weighted by atomic mass is 16.5. The second-order valence-corrected chi connectivity index (χ2v) is 6.82. The highest BCUT2D eigenvalue weighted by Gasteiger charge is 2.45. The van der Waals surface area contributed by atoms with E-state index in [-0.39, 0.29) is 11.6 Å². The maximum Gasteiger partial charge on any atom is 0.0876 e. The van der Waals surface area contributed by atoms with Gasteiger partial charge in [-0.2, -0.15) is 0 Å². The van der Waals surface area contributed by atoms with Crippen LogP contribution < -0.4 is 5.32 Å². The number of ether oxygens (including phenoxy) is 2. The molecule has 2 rings (SSSR count). The minimum absolute atomic E-state index is 0.0587. The maximum absolute atomic E-state index is 6.02. The van der Waals surface area contributed by atoms with Crippen molar-refractivity contribution in [2.45, 2.75) is 64.0 Å². The van der Waals surface area contributed by atoms with Gasteiger partial charge in [-0.05, 0) is 56.6 Å². The number of likely N-dealkylation sites (N-methyl/N-ethyl adjacent to an activating group) is 1. The van der Waals surface area contributed by atoms with E-state index >= 15 is 0 Å². The summed E-state index contributed by atoms with van der Waals surface area (Å²) in [5.74, 6) is 0. The molecule has 0 aromatic carbocycles. The fraction of sp³-hybridized carbons (Fsp3) is 0.875. The fourth-order valence-corrected chi connectivity index (χ4v) is 3.54. The van der Waals surface area contributed by atoms with Gasteiger partial charge in [-0.15, -0.1) is 0 Å². The van der Waals surface area contributed by atoms with Crippen LogP contribution in [0.2, 0.25) is 0 Å². The first-order valence-corrected chi connectivity index (χ1v) is 7.56. The van der Waals surface area contributed by atoms with Gasteiger partial charge in [-0.1, -0.05) is 13.8 Å². The van der Waals surface area contributed by atoms with Gasteiger partial charge in [-0.25, -0.2) is 0 Å². The summed E-state index contributed by atoms with van der Waals surface area (Å²) in [4.78, 5) is 0. The first-order valence-electron chi connectivity index (χ1n) is 7.56. The molecular weight excluding hydrogens is 238 g/mol. The summed E-state index contributed by atoms with van der Waals surface area (Å²) in [7, 11) is 3.91. The monoisotopic (exact) mass is 267 g/mol. The Hall–Kier alpha value is -0.540. The predicted octanol–water partition coefficient (Wildman–Crippen LogP) is 3.25. The van der Waals surface area contributed by atoms with Gasteiger partial charge in [0.15, 0.2) is 0 Å². The topological polar surface area (TPSA) is 30.5 Å². The van der Waals surface area contributed by atoms with E-state index in [1.165, 1.54) is 18.4 Å². The fourth-order valence-electron chi connectivity index (χ4n) is 3.54. The van der Waals surface area contributed by atoms with Gasteiger partial charge in [0.05, 0.1) is 24.5 Å². The quantitative estimate of drug-likeness (QED) is 0.848.